The topological polar surface area (TPSA) is 72.6 Å². The highest BCUT2D eigenvalue weighted by Crippen LogP contribution is 2.17. The van der Waals surface area contributed by atoms with Gasteiger partial charge in [0.1, 0.15) is 6.61 Å². The van der Waals surface area contributed by atoms with E-state index in [1.165, 1.54) is 0 Å². The number of primary amides is 1. The number of amides is 2. The van der Waals surface area contributed by atoms with E-state index < -0.39 is 6.03 Å². The summed E-state index contributed by atoms with van der Waals surface area (Å²) in [6.07, 6.45) is 2.55. The summed E-state index contributed by atoms with van der Waals surface area (Å²) >= 11 is 0. The molecule has 0 unspecified atom stereocenters. The van der Waals surface area contributed by atoms with E-state index in [0.717, 1.165) is 19.3 Å². The second-order valence-electron chi connectivity index (χ2n) is 4.27. The van der Waals surface area contributed by atoms with Crippen LogP contribution in [0.1, 0.15) is 33.1 Å². The van der Waals surface area contributed by atoms with Gasteiger partial charge in [-0.3, -0.25) is 4.79 Å². The van der Waals surface area contributed by atoms with E-state index in [9.17, 15) is 9.59 Å². The predicted octanol–water partition coefficient (Wildman–Crippen LogP) is 1.12. The van der Waals surface area contributed by atoms with Crippen LogP contribution >= 0.6 is 0 Å². The lowest BCUT2D eigenvalue weighted by molar-refractivity contribution is -0.149. The van der Waals surface area contributed by atoms with Crippen LogP contribution in [0.4, 0.5) is 4.79 Å². The molecule has 2 N–H and O–H groups in total. The molecule has 1 aliphatic heterocycles. The molecule has 2 atom stereocenters. The predicted molar refractivity (Wildman–Crippen MR) is 59.7 cm³/mol. The molecule has 0 radical (unpaired) electrons. The highest BCUT2D eigenvalue weighted by Gasteiger charge is 2.28. The number of likely N-dealkylation sites (tertiary alicyclic amines) is 1. The molecule has 1 aliphatic rings. The Morgan fingerprint density at radius 1 is 1.56 bits per heavy atom. The third kappa shape index (κ3) is 3.12. The van der Waals surface area contributed by atoms with Crippen molar-refractivity contribution in [1.82, 2.24) is 4.90 Å². The van der Waals surface area contributed by atoms with Crippen LogP contribution in [0.25, 0.3) is 0 Å². The maximum atomic E-state index is 11.5. The van der Waals surface area contributed by atoms with Gasteiger partial charge in [0.2, 0.25) is 0 Å². The summed E-state index contributed by atoms with van der Waals surface area (Å²) in [5, 5.41) is 0. The summed E-state index contributed by atoms with van der Waals surface area (Å²) in [6, 6.07) is -0.465. The third-order valence-electron chi connectivity index (χ3n) is 3.09. The summed E-state index contributed by atoms with van der Waals surface area (Å²) in [5.74, 6) is -0.276. The lowest BCUT2D eigenvalue weighted by Crippen LogP contribution is -2.42. The average molecular weight is 228 g/mol. The van der Waals surface area contributed by atoms with Crippen LogP contribution in [0.3, 0.4) is 0 Å². The van der Waals surface area contributed by atoms with E-state index in [4.69, 9.17) is 10.5 Å². The third-order valence-corrected chi connectivity index (χ3v) is 3.09. The first-order valence-corrected chi connectivity index (χ1v) is 5.79. The van der Waals surface area contributed by atoms with Crippen LogP contribution in [0.2, 0.25) is 0 Å². The number of hydrogen-bond acceptors (Lipinski definition) is 3. The summed E-state index contributed by atoms with van der Waals surface area (Å²) in [5.41, 5.74) is 5.23. The first-order valence-electron chi connectivity index (χ1n) is 5.79. The van der Waals surface area contributed by atoms with Crippen molar-refractivity contribution in [3.05, 3.63) is 0 Å². The molecule has 2 amide bonds. The lowest BCUT2D eigenvalue weighted by atomic mass is 10.1. The molecule has 1 rings (SSSR count). The van der Waals surface area contributed by atoms with E-state index in [1.54, 1.807) is 4.90 Å². The average Bonchev–Trinajstić information content (AvgIpc) is 2.72. The van der Waals surface area contributed by atoms with Gasteiger partial charge in [-0.05, 0) is 19.3 Å². The van der Waals surface area contributed by atoms with Crippen LogP contribution in [0.15, 0.2) is 0 Å². The number of nitrogens with two attached hydrogens (primary N) is 1. The minimum absolute atomic E-state index is 0.0366. The van der Waals surface area contributed by atoms with Gasteiger partial charge in [0.15, 0.2) is 0 Å². The molecule has 0 saturated carbocycles. The molecule has 1 heterocycles. The molecule has 5 heteroatoms. The van der Waals surface area contributed by atoms with Crippen molar-refractivity contribution in [1.29, 1.82) is 0 Å². The van der Waals surface area contributed by atoms with Crippen LogP contribution in [-0.2, 0) is 9.53 Å². The molecule has 0 aliphatic carbocycles. The zero-order valence-corrected chi connectivity index (χ0v) is 9.94. The minimum atomic E-state index is -0.429. The number of urea groups is 1. The Morgan fingerprint density at radius 2 is 2.25 bits per heavy atom. The van der Waals surface area contributed by atoms with Gasteiger partial charge in [0.25, 0.3) is 0 Å². The van der Waals surface area contributed by atoms with Crippen molar-refractivity contribution in [3.63, 3.8) is 0 Å². The Kier molecular flexibility index (Phi) is 4.58. The first-order chi connectivity index (χ1) is 7.56. The molecule has 5 nitrogen and oxygen atoms in total. The van der Waals surface area contributed by atoms with Gasteiger partial charge in [0, 0.05) is 6.54 Å². The molecule has 16 heavy (non-hydrogen) atoms. The molecule has 0 aromatic carbocycles. The van der Waals surface area contributed by atoms with Crippen LogP contribution in [0, 0.1) is 5.92 Å². The SMILES string of the molecule is CC[C@H](C)C(=O)OC[C@@H]1CCCN1C(N)=O. The molecule has 0 aromatic heterocycles. The summed E-state index contributed by atoms with van der Waals surface area (Å²) in [7, 11) is 0. The number of hydrogen-bond donors (Lipinski definition) is 1. The minimum Gasteiger partial charge on any atom is -0.463 e. The molecule has 0 aromatic rings. The Hall–Kier alpha value is -1.26. The van der Waals surface area contributed by atoms with Crippen molar-refractivity contribution in [2.45, 2.75) is 39.2 Å². The smallest absolute Gasteiger partial charge is 0.315 e. The first kappa shape index (κ1) is 12.8. The highest BCUT2D eigenvalue weighted by atomic mass is 16.5. The fraction of sp³-hybridized carbons (Fsp3) is 0.818. The van der Waals surface area contributed by atoms with Gasteiger partial charge in [-0.2, -0.15) is 0 Å². The highest BCUT2D eigenvalue weighted by molar-refractivity contribution is 5.73. The van der Waals surface area contributed by atoms with Crippen molar-refractivity contribution < 1.29 is 14.3 Å². The van der Waals surface area contributed by atoms with Gasteiger partial charge >= 0.3 is 12.0 Å². The van der Waals surface area contributed by atoms with Gasteiger partial charge in [0.05, 0.1) is 12.0 Å². The second kappa shape index (κ2) is 5.72. The van der Waals surface area contributed by atoms with E-state index in [0.29, 0.717) is 6.54 Å². The monoisotopic (exact) mass is 228 g/mol. The number of carbonyl (C=O) groups excluding carboxylic acids is 2. The quantitative estimate of drug-likeness (QED) is 0.733. The van der Waals surface area contributed by atoms with Crippen LogP contribution in [0.5, 0.6) is 0 Å². The fourth-order valence-electron chi connectivity index (χ4n) is 1.79. The molecular weight excluding hydrogens is 208 g/mol. The Morgan fingerprint density at radius 3 is 2.81 bits per heavy atom. The van der Waals surface area contributed by atoms with Gasteiger partial charge in [-0.1, -0.05) is 13.8 Å². The summed E-state index contributed by atoms with van der Waals surface area (Å²) in [6.45, 7) is 4.72. The number of esters is 1. The summed E-state index contributed by atoms with van der Waals surface area (Å²) in [4.78, 5) is 24.1. The van der Waals surface area contributed by atoms with Crippen molar-refractivity contribution in [3.8, 4) is 0 Å². The largest absolute Gasteiger partial charge is 0.463 e. The van der Waals surface area contributed by atoms with Crippen LogP contribution in [-0.4, -0.2) is 36.1 Å². The standard InChI is InChI=1S/C11H20N2O3/c1-3-8(2)10(14)16-7-9-5-4-6-13(9)11(12)15/h8-9H,3-7H2,1-2H3,(H2,12,15)/t8-,9-/m0/s1. The maximum absolute atomic E-state index is 11.5. The molecule has 92 valence electrons. The Bertz CT molecular complexity index is 268. The van der Waals surface area contributed by atoms with E-state index >= 15 is 0 Å². The van der Waals surface area contributed by atoms with Gasteiger partial charge in [-0.25, -0.2) is 4.79 Å². The van der Waals surface area contributed by atoms with Crippen molar-refractivity contribution in [2.75, 3.05) is 13.2 Å². The number of ether oxygens (including phenoxy) is 1. The lowest BCUT2D eigenvalue weighted by Gasteiger charge is -2.22. The normalized spacial score (nSPS) is 21.9. The van der Waals surface area contributed by atoms with Crippen molar-refractivity contribution in [2.24, 2.45) is 11.7 Å². The fourth-order valence-corrected chi connectivity index (χ4v) is 1.79. The molecule has 1 saturated heterocycles. The van der Waals surface area contributed by atoms with Crippen LogP contribution < -0.4 is 5.73 Å². The molecule has 0 spiro atoms. The second-order valence-corrected chi connectivity index (χ2v) is 4.27. The van der Waals surface area contributed by atoms with E-state index in [1.807, 2.05) is 13.8 Å². The number of nitrogens with zero attached hydrogens (tertiary/aromatic N) is 1. The van der Waals surface area contributed by atoms with Gasteiger partial charge in [-0.15, -0.1) is 0 Å². The maximum Gasteiger partial charge on any atom is 0.315 e. The number of carbonyl (C=O) groups is 2. The zero-order chi connectivity index (χ0) is 12.1. The molecule has 0 bridgehead atoms. The van der Waals surface area contributed by atoms with Crippen molar-refractivity contribution >= 4 is 12.0 Å². The molecular formula is C11H20N2O3. The number of rotatable bonds is 4. The summed E-state index contributed by atoms with van der Waals surface area (Å²) < 4.78 is 5.17. The van der Waals surface area contributed by atoms with Gasteiger partial charge < -0.3 is 15.4 Å². The van der Waals surface area contributed by atoms with E-state index in [2.05, 4.69) is 0 Å². The Balaban J connectivity index is 2.37. The van der Waals surface area contributed by atoms with E-state index in [-0.39, 0.29) is 24.5 Å². The Labute approximate surface area is 95.9 Å². The zero-order valence-electron chi connectivity index (χ0n) is 9.94. The molecule has 1 fully saturated rings.